The van der Waals surface area contributed by atoms with Gasteiger partial charge in [-0.05, 0) is 43.2 Å². The van der Waals surface area contributed by atoms with Crippen LogP contribution in [0.1, 0.15) is 49.4 Å². The van der Waals surface area contributed by atoms with E-state index in [1.54, 1.807) is 12.0 Å². The molecule has 5 rings (SSSR count). The maximum atomic E-state index is 13.3. The number of ether oxygens (including phenoxy) is 2. The molecule has 4 heterocycles. The number of fused-ring (bicyclic) bond motifs is 9. The molecule has 1 aromatic rings. The van der Waals surface area contributed by atoms with Crippen molar-refractivity contribution in [2.75, 3.05) is 59.6 Å². The average molecular weight is 472 g/mol. The third-order valence-electron chi connectivity index (χ3n) is 7.67. The third-order valence-corrected chi connectivity index (χ3v) is 7.67. The molecule has 3 amide bonds. The number of carbonyl (C=O) groups excluding carboxylic acids is 3. The summed E-state index contributed by atoms with van der Waals surface area (Å²) in [6, 6.07) is 7.38. The summed E-state index contributed by atoms with van der Waals surface area (Å²) in [5.74, 6) is 0.536. The second kappa shape index (κ2) is 10.8. The Labute approximate surface area is 202 Å². The van der Waals surface area contributed by atoms with Gasteiger partial charge in [-0.15, -0.1) is 0 Å². The van der Waals surface area contributed by atoms with E-state index in [0.29, 0.717) is 50.7 Å². The number of hydrogen-bond acceptors (Lipinski definition) is 5. The lowest BCUT2D eigenvalue weighted by atomic mass is 9.75. The van der Waals surface area contributed by atoms with Crippen molar-refractivity contribution in [1.29, 1.82) is 0 Å². The molecule has 0 radical (unpaired) electrons. The molecule has 4 aliphatic heterocycles. The summed E-state index contributed by atoms with van der Waals surface area (Å²) >= 11 is 0. The van der Waals surface area contributed by atoms with E-state index >= 15 is 0 Å². The zero-order chi connectivity index (χ0) is 24.1. The molecule has 34 heavy (non-hydrogen) atoms. The maximum Gasteiger partial charge on any atom is 0.257 e. The summed E-state index contributed by atoms with van der Waals surface area (Å²) in [6.07, 6.45) is 4.79. The minimum Gasteiger partial charge on any atom is -0.491 e. The molecule has 2 saturated heterocycles. The van der Waals surface area contributed by atoms with Crippen molar-refractivity contribution >= 4 is 17.7 Å². The number of methoxy groups -OCH3 is 1. The smallest absolute Gasteiger partial charge is 0.257 e. The van der Waals surface area contributed by atoms with Gasteiger partial charge in [-0.25, -0.2) is 0 Å². The Kier molecular flexibility index (Phi) is 7.76. The molecule has 0 saturated carbocycles. The number of para-hydroxylation sites is 1. The zero-order valence-corrected chi connectivity index (χ0v) is 20.5. The highest BCUT2D eigenvalue weighted by Gasteiger charge is 2.38. The molecule has 8 heteroatoms. The van der Waals surface area contributed by atoms with Crippen LogP contribution in [0.15, 0.2) is 24.3 Å². The first kappa shape index (κ1) is 24.5. The summed E-state index contributed by atoms with van der Waals surface area (Å²) in [5.41, 5.74) is 0.651. The van der Waals surface area contributed by atoms with Gasteiger partial charge >= 0.3 is 0 Å². The van der Waals surface area contributed by atoms with Crippen LogP contribution in [0.3, 0.4) is 0 Å². The third kappa shape index (κ3) is 5.37. The Bertz CT molecular complexity index is 890. The lowest BCUT2D eigenvalue weighted by molar-refractivity contribution is -0.147. The SMILES string of the molecule is COCC12CCCCN(C(=O)C3CN(C(C)=O)C3)CCOc3ccccc3C(=O)N(CC1)CC2. The molecule has 2 fully saturated rings. The molecule has 0 spiro atoms. The fourth-order valence-electron chi connectivity index (χ4n) is 5.45. The predicted molar refractivity (Wildman–Crippen MR) is 128 cm³/mol. The second-order valence-electron chi connectivity index (χ2n) is 9.97. The number of amides is 3. The van der Waals surface area contributed by atoms with Crippen molar-refractivity contribution in [2.45, 2.75) is 39.0 Å². The summed E-state index contributed by atoms with van der Waals surface area (Å²) in [6.45, 7) is 6.13. The van der Waals surface area contributed by atoms with Crippen LogP contribution in [0.25, 0.3) is 0 Å². The van der Waals surface area contributed by atoms with Gasteiger partial charge < -0.3 is 24.2 Å². The number of rotatable bonds is 3. The van der Waals surface area contributed by atoms with E-state index in [1.807, 2.05) is 34.1 Å². The van der Waals surface area contributed by atoms with Crippen molar-refractivity contribution in [3.05, 3.63) is 29.8 Å². The standard InChI is InChI=1S/C26H37N3O5/c1-20(30)29-17-21(18-29)24(31)27-12-6-5-9-26(19-33-2)10-13-28(14-11-26)25(32)22-7-3-4-8-23(22)34-16-15-27/h3-4,7-8,21H,5-6,9-19H2,1-2H3. The highest BCUT2D eigenvalue weighted by atomic mass is 16.5. The number of carbonyl (C=O) groups is 3. The quantitative estimate of drug-likeness (QED) is 0.677. The molecule has 0 aromatic heterocycles. The predicted octanol–water partition coefficient (Wildman–Crippen LogP) is 2.42. The van der Waals surface area contributed by atoms with Crippen molar-refractivity contribution in [3.63, 3.8) is 0 Å². The molecular formula is C26H37N3O5. The topological polar surface area (TPSA) is 79.4 Å². The van der Waals surface area contributed by atoms with Gasteiger partial charge in [0.05, 0.1) is 24.6 Å². The van der Waals surface area contributed by atoms with Gasteiger partial charge in [-0.3, -0.25) is 14.4 Å². The van der Waals surface area contributed by atoms with E-state index in [4.69, 9.17) is 9.47 Å². The van der Waals surface area contributed by atoms with E-state index in [1.165, 1.54) is 6.92 Å². The number of hydrogen-bond donors (Lipinski definition) is 0. The van der Waals surface area contributed by atoms with Crippen molar-refractivity contribution in [3.8, 4) is 5.75 Å². The van der Waals surface area contributed by atoms with Gasteiger partial charge in [0.25, 0.3) is 5.91 Å². The van der Waals surface area contributed by atoms with Crippen LogP contribution in [0.2, 0.25) is 0 Å². The molecule has 186 valence electrons. The minimum atomic E-state index is -0.136. The molecule has 4 aliphatic rings. The molecule has 1 aromatic carbocycles. The Morgan fingerprint density at radius 1 is 1.03 bits per heavy atom. The van der Waals surface area contributed by atoms with Crippen LogP contribution in [0.5, 0.6) is 5.75 Å². The zero-order valence-electron chi connectivity index (χ0n) is 20.5. The lowest BCUT2D eigenvalue weighted by Gasteiger charge is -2.42. The van der Waals surface area contributed by atoms with Gasteiger partial charge in [0.2, 0.25) is 11.8 Å². The van der Waals surface area contributed by atoms with E-state index in [9.17, 15) is 14.4 Å². The fraction of sp³-hybridized carbons (Fsp3) is 0.654. The molecule has 0 aliphatic carbocycles. The first-order valence-corrected chi connectivity index (χ1v) is 12.5. The highest BCUT2D eigenvalue weighted by molar-refractivity contribution is 5.97. The van der Waals surface area contributed by atoms with Gasteiger partial charge in [-0.2, -0.15) is 0 Å². The minimum absolute atomic E-state index is 0.00298. The summed E-state index contributed by atoms with van der Waals surface area (Å²) in [4.78, 5) is 43.6. The first-order valence-electron chi connectivity index (χ1n) is 12.5. The summed E-state index contributed by atoms with van der Waals surface area (Å²) in [5, 5.41) is 0. The monoisotopic (exact) mass is 471 g/mol. The van der Waals surface area contributed by atoms with Crippen LogP contribution >= 0.6 is 0 Å². The van der Waals surface area contributed by atoms with E-state index in [0.717, 1.165) is 45.2 Å². The van der Waals surface area contributed by atoms with Crippen LogP contribution in [0, 0.1) is 11.3 Å². The number of benzene rings is 1. The van der Waals surface area contributed by atoms with Gasteiger partial charge in [-0.1, -0.05) is 18.6 Å². The maximum absolute atomic E-state index is 13.3. The summed E-state index contributed by atoms with van der Waals surface area (Å²) in [7, 11) is 1.75. The van der Waals surface area contributed by atoms with Crippen LogP contribution < -0.4 is 4.74 Å². The van der Waals surface area contributed by atoms with Gasteiger partial charge in [0, 0.05) is 46.8 Å². The molecule has 8 nitrogen and oxygen atoms in total. The number of likely N-dealkylation sites (tertiary alicyclic amines) is 1. The number of piperidine rings is 1. The normalized spacial score (nSPS) is 21.7. The average Bonchev–Trinajstić information content (AvgIpc) is 2.80. The van der Waals surface area contributed by atoms with Gasteiger partial charge in [0.1, 0.15) is 12.4 Å². The van der Waals surface area contributed by atoms with E-state index < -0.39 is 0 Å². The van der Waals surface area contributed by atoms with Crippen molar-refractivity contribution < 1.29 is 23.9 Å². The molecular weight excluding hydrogens is 434 g/mol. The largest absolute Gasteiger partial charge is 0.491 e. The highest BCUT2D eigenvalue weighted by Crippen LogP contribution is 2.38. The fourth-order valence-corrected chi connectivity index (χ4v) is 5.45. The number of nitrogens with zero attached hydrogens (tertiary/aromatic N) is 3. The van der Waals surface area contributed by atoms with Crippen LogP contribution in [-0.4, -0.2) is 92.0 Å². The molecule has 0 N–H and O–H groups in total. The Balaban J connectivity index is 1.51. The van der Waals surface area contributed by atoms with E-state index in [-0.39, 0.29) is 29.1 Å². The van der Waals surface area contributed by atoms with Crippen LogP contribution in [0.4, 0.5) is 0 Å². The Hall–Kier alpha value is -2.61. The van der Waals surface area contributed by atoms with Gasteiger partial charge in [0.15, 0.2) is 0 Å². The lowest BCUT2D eigenvalue weighted by Crippen LogP contribution is -2.56. The Morgan fingerprint density at radius 3 is 2.47 bits per heavy atom. The first-order chi connectivity index (χ1) is 16.4. The van der Waals surface area contributed by atoms with Crippen molar-refractivity contribution in [2.24, 2.45) is 11.3 Å². The molecule has 2 bridgehead atoms. The summed E-state index contributed by atoms with van der Waals surface area (Å²) < 4.78 is 11.6. The van der Waals surface area contributed by atoms with Crippen LogP contribution in [-0.2, 0) is 14.3 Å². The molecule has 0 atom stereocenters. The second-order valence-corrected chi connectivity index (χ2v) is 9.97. The van der Waals surface area contributed by atoms with E-state index in [2.05, 4.69) is 0 Å². The molecule has 0 unspecified atom stereocenters. The Morgan fingerprint density at radius 2 is 1.76 bits per heavy atom. The van der Waals surface area contributed by atoms with Crippen molar-refractivity contribution in [1.82, 2.24) is 14.7 Å².